The molecule has 1 amide bonds. The number of hydrogen-bond donors (Lipinski definition) is 3. The van der Waals surface area contributed by atoms with Crippen molar-refractivity contribution in [3.05, 3.63) is 73.1 Å². The SMILES string of the molecule is CCCCC(=O)Nc1cncc(-c2cnc3[nH]nc(-c4cc5c(-c6cc(F)cc(OC)c6)ccnc5[nH]4)c3c2)c1. The Bertz CT molecular complexity index is 1860. The third-order valence-electron chi connectivity index (χ3n) is 6.73. The molecular formula is C30H26FN7O2. The van der Waals surface area contributed by atoms with Crippen LogP contribution in [0.5, 0.6) is 5.75 Å². The molecule has 10 heteroatoms. The van der Waals surface area contributed by atoms with Gasteiger partial charge in [0.15, 0.2) is 5.65 Å². The van der Waals surface area contributed by atoms with E-state index in [0.717, 1.165) is 46.0 Å². The number of aromatic nitrogens is 6. The maximum Gasteiger partial charge on any atom is 0.224 e. The standard InChI is InChI=1S/C30H26FN7O2/c1-3-4-5-27(39)35-21-9-18(14-32-16-21)19-11-25-28(37-38-30(25)34-15-19)26-13-24-23(6-7-33-29(24)36-26)17-8-20(31)12-22(10-17)40-2/h6-16H,3-5H2,1-2H3,(H,33,36)(H,35,39)(H,34,37,38). The number of carbonyl (C=O) groups is 1. The summed E-state index contributed by atoms with van der Waals surface area (Å²) in [5, 5.41) is 12.1. The Morgan fingerprint density at radius 3 is 2.70 bits per heavy atom. The number of carbonyl (C=O) groups excluding carboxylic acids is 1. The minimum Gasteiger partial charge on any atom is -0.497 e. The second-order valence-electron chi connectivity index (χ2n) is 9.49. The van der Waals surface area contributed by atoms with E-state index in [9.17, 15) is 9.18 Å². The van der Waals surface area contributed by atoms with Gasteiger partial charge in [-0.3, -0.25) is 14.9 Å². The molecule has 0 fully saturated rings. The number of unbranched alkanes of at least 4 members (excludes halogenated alkanes) is 1. The predicted octanol–water partition coefficient (Wildman–Crippen LogP) is 6.51. The van der Waals surface area contributed by atoms with Crippen LogP contribution in [-0.4, -0.2) is 43.2 Å². The normalized spacial score (nSPS) is 11.3. The van der Waals surface area contributed by atoms with E-state index in [4.69, 9.17) is 4.74 Å². The van der Waals surface area contributed by atoms with Crippen LogP contribution in [0.15, 0.2) is 67.3 Å². The summed E-state index contributed by atoms with van der Waals surface area (Å²) in [7, 11) is 1.51. The summed E-state index contributed by atoms with van der Waals surface area (Å²) in [5.74, 6) is 0.0210. The number of H-pyrrole nitrogens is 2. The average Bonchev–Trinajstić information content (AvgIpc) is 3.59. The molecule has 0 saturated heterocycles. The molecular weight excluding hydrogens is 509 g/mol. The van der Waals surface area contributed by atoms with Crippen molar-refractivity contribution in [2.24, 2.45) is 0 Å². The number of anilines is 1. The minimum absolute atomic E-state index is 0.0324. The number of hydrogen-bond acceptors (Lipinski definition) is 6. The van der Waals surface area contributed by atoms with E-state index in [-0.39, 0.29) is 11.7 Å². The summed E-state index contributed by atoms with van der Waals surface area (Å²) < 4.78 is 19.5. The zero-order valence-electron chi connectivity index (χ0n) is 22.0. The number of rotatable bonds is 8. The second-order valence-corrected chi connectivity index (χ2v) is 9.49. The molecule has 0 bridgehead atoms. The van der Waals surface area contributed by atoms with Crippen LogP contribution in [0.2, 0.25) is 0 Å². The number of nitrogens with one attached hydrogen (secondary N) is 3. The number of halogens is 1. The van der Waals surface area contributed by atoms with Crippen LogP contribution in [0.25, 0.3) is 55.7 Å². The highest BCUT2D eigenvalue weighted by Gasteiger charge is 2.16. The van der Waals surface area contributed by atoms with Gasteiger partial charge in [-0.05, 0) is 53.9 Å². The highest BCUT2D eigenvalue weighted by atomic mass is 19.1. The van der Waals surface area contributed by atoms with Crippen molar-refractivity contribution in [3.8, 4) is 39.4 Å². The van der Waals surface area contributed by atoms with Gasteiger partial charge in [-0.15, -0.1) is 0 Å². The summed E-state index contributed by atoms with van der Waals surface area (Å²) in [6.45, 7) is 2.05. The first kappa shape index (κ1) is 25.2. The number of nitrogens with zero attached hydrogens (tertiary/aromatic N) is 4. The van der Waals surface area contributed by atoms with Crippen molar-refractivity contribution in [3.63, 3.8) is 0 Å². The second kappa shape index (κ2) is 10.6. The smallest absolute Gasteiger partial charge is 0.224 e. The van der Waals surface area contributed by atoms with Gasteiger partial charge in [-0.1, -0.05) is 13.3 Å². The highest BCUT2D eigenvalue weighted by molar-refractivity contribution is 6.00. The van der Waals surface area contributed by atoms with Crippen LogP contribution < -0.4 is 10.1 Å². The largest absolute Gasteiger partial charge is 0.497 e. The van der Waals surface area contributed by atoms with Crippen molar-refractivity contribution in [2.45, 2.75) is 26.2 Å². The molecule has 200 valence electrons. The molecule has 0 unspecified atom stereocenters. The molecule has 3 N–H and O–H groups in total. The van der Waals surface area contributed by atoms with E-state index in [1.54, 1.807) is 30.9 Å². The van der Waals surface area contributed by atoms with Gasteiger partial charge in [0.2, 0.25) is 5.91 Å². The van der Waals surface area contributed by atoms with Crippen LogP contribution in [0, 0.1) is 5.82 Å². The van der Waals surface area contributed by atoms with Gasteiger partial charge in [-0.25, -0.2) is 14.4 Å². The molecule has 0 aliphatic carbocycles. The first-order valence-corrected chi connectivity index (χ1v) is 12.9. The summed E-state index contributed by atoms with van der Waals surface area (Å²) >= 11 is 0. The molecule has 0 aliphatic rings. The topological polar surface area (TPSA) is 121 Å². The first-order chi connectivity index (χ1) is 19.5. The maximum atomic E-state index is 14.3. The number of methoxy groups -OCH3 is 1. The number of fused-ring (bicyclic) bond motifs is 2. The third-order valence-corrected chi connectivity index (χ3v) is 6.73. The fraction of sp³-hybridized carbons (Fsp3) is 0.167. The van der Waals surface area contributed by atoms with E-state index in [1.165, 1.54) is 19.2 Å². The van der Waals surface area contributed by atoms with Crippen LogP contribution in [0.3, 0.4) is 0 Å². The molecule has 5 heterocycles. The summed E-state index contributed by atoms with van der Waals surface area (Å²) in [6, 6.07) is 12.3. The Balaban J connectivity index is 1.38. The van der Waals surface area contributed by atoms with Gasteiger partial charge < -0.3 is 15.0 Å². The van der Waals surface area contributed by atoms with E-state index in [0.29, 0.717) is 40.4 Å². The fourth-order valence-corrected chi connectivity index (χ4v) is 4.74. The Morgan fingerprint density at radius 2 is 1.85 bits per heavy atom. The van der Waals surface area contributed by atoms with Crippen LogP contribution >= 0.6 is 0 Å². The van der Waals surface area contributed by atoms with Crippen molar-refractivity contribution in [1.82, 2.24) is 30.1 Å². The lowest BCUT2D eigenvalue weighted by atomic mass is 10.0. The fourth-order valence-electron chi connectivity index (χ4n) is 4.74. The number of pyridine rings is 3. The maximum absolute atomic E-state index is 14.3. The van der Waals surface area contributed by atoms with Gasteiger partial charge in [-0.2, -0.15) is 5.10 Å². The zero-order chi connectivity index (χ0) is 27.6. The molecule has 1 aromatic carbocycles. The molecule has 40 heavy (non-hydrogen) atoms. The monoisotopic (exact) mass is 535 g/mol. The number of amides is 1. The lowest BCUT2D eigenvalue weighted by molar-refractivity contribution is -0.116. The van der Waals surface area contributed by atoms with E-state index < -0.39 is 0 Å². The number of benzene rings is 1. The molecule has 0 spiro atoms. The van der Waals surface area contributed by atoms with Crippen molar-refractivity contribution in [1.29, 1.82) is 0 Å². The zero-order valence-corrected chi connectivity index (χ0v) is 22.0. The molecule has 0 saturated carbocycles. The van der Waals surface area contributed by atoms with Crippen molar-refractivity contribution >= 4 is 33.7 Å². The van der Waals surface area contributed by atoms with Crippen molar-refractivity contribution < 1.29 is 13.9 Å². The summed E-state index contributed by atoms with van der Waals surface area (Å²) in [6.07, 6.45) is 9.05. The Kier molecular flexibility index (Phi) is 6.65. The van der Waals surface area contributed by atoms with Crippen LogP contribution in [-0.2, 0) is 4.79 Å². The van der Waals surface area contributed by atoms with Gasteiger partial charge in [0, 0.05) is 53.0 Å². The van der Waals surface area contributed by atoms with E-state index in [1.807, 2.05) is 24.3 Å². The van der Waals surface area contributed by atoms with E-state index in [2.05, 4.69) is 42.4 Å². The molecule has 0 aliphatic heterocycles. The third kappa shape index (κ3) is 4.86. The Morgan fingerprint density at radius 1 is 0.975 bits per heavy atom. The molecule has 5 aromatic heterocycles. The van der Waals surface area contributed by atoms with E-state index >= 15 is 0 Å². The van der Waals surface area contributed by atoms with Gasteiger partial charge in [0.25, 0.3) is 0 Å². The van der Waals surface area contributed by atoms with Gasteiger partial charge in [0.1, 0.15) is 22.9 Å². The molecule has 9 nitrogen and oxygen atoms in total. The predicted molar refractivity (Wildman–Crippen MR) is 152 cm³/mol. The van der Waals surface area contributed by atoms with Crippen LogP contribution in [0.1, 0.15) is 26.2 Å². The Labute approximate surface area is 228 Å². The molecule has 6 aromatic rings. The lowest BCUT2D eigenvalue weighted by Crippen LogP contribution is -2.11. The summed E-state index contributed by atoms with van der Waals surface area (Å²) in [4.78, 5) is 28.9. The van der Waals surface area contributed by atoms with Crippen molar-refractivity contribution in [2.75, 3.05) is 12.4 Å². The number of ether oxygens (including phenoxy) is 1. The first-order valence-electron chi connectivity index (χ1n) is 12.9. The highest BCUT2D eigenvalue weighted by Crippen LogP contribution is 2.35. The molecule has 0 radical (unpaired) electrons. The number of aromatic amines is 2. The minimum atomic E-state index is -0.383. The summed E-state index contributed by atoms with van der Waals surface area (Å²) in [5.41, 5.74) is 6.44. The average molecular weight is 536 g/mol. The van der Waals surface area contributed by atoms with Gasteiger partial charge >= 0.3 is 0 Å². The lowest BCUT2D eigenvalue weighted by Gasteiger charge is -2.07. The quantitative estimate of drug-likeness (QED) is 0.204. The molecule has 0 atom stereocenters. The molecule has 6 rings (SSSR count). The van der Waals surface area contributed by atoms with Gasteiger partial charge in [0.05, 0.1) is 24.7 Å². The Hall–Kier alpha value is -5.12. The van der Waals surface area contributed by atoms with Crippen LogP contribution in [0.4, 0.5) is 10.1 Å².